The van der Waals surface area contributed by atoms with Gasteiger partial charge in [0.25, 0.3) is 5.91 Å². The van der Waals surface area contributed by atoms with E-state index in [1.807, 2.05) is 25.1 Å². The van der Waals surface area contributed by atoms with Crippen molar-refractivity contribution in [1.82, 2.24) is 0 Å². The van der Waals surface area contributed by atoms with E-state index in [-0.39, 0.29) is 6.61 Å². The normalized spacial score (nSPS) is 10.2. The Labute approximate surface area is 159 Å². The summed E-state index contributed by atoms with van der Waals surface area (Å²) in [7, 11) is 0. The molecule has 0 bridgehead atoms. The van der Waals surface area contributed by atoms with E-state index in [1.165, 1.54) is 0 Å². The molecule has 25 heavy (non-hydrogen) atoms. The molecule has 0 saturated carbocycles. The lowest BCUT2D eigenvalue weighted by atomic mass is 10.1. The van der Waals surface area contributed by atoms with Crippen molar-refractivity contribution in [3.05, 3.63) is 57.5 Å². The number of aryl methyl sites for hydroxylation is 1. The predicted molar refractivity (Wildman–Crippen MR) is 100 cm³/mol. The Bertz CT molecular complexity index is 766. The summed E-state index contributed by atoms with van der Waals surface area (Å²) in [4.78, 5) is 23.6. The van der Waals surface area contributed by atoms with Gasteiger partial charge < -0.3 is 14.8 Å². The highest BCUT2D eigenvalue weighted by molar-refractivity contribution is 9.10. The summed E-state index contributed by atoms with van der Waals surface area (Å²) in [5, 5.41) is 2.96. The molecule has 132 valence electrons. The van der Waals surface area contributed by atoms with Crippen molar-refractivity contribution in [3.8, 4) is 5.75 Å². The molecule has 0 aliphatic heterocycles. The lowest BCUT2D eigenvalue weighted by molar-refractivity contribution is -0.149. The van der Waals surface area contributed by atoms with E-state index in [1.54, 1.807) is 24.3 Å². The number of rotatable bonds is 7. The van der Waals surface area contributed by atoms with Crippen molar-refractivity contribution in [2.45, 2.75) is 13.3 Å². The van der Waals surface area contributed by atoms with Crippen molar-refractivity contribution >= 4 is 45.1 Å². The first-order chi connectivity index (χ1) is 12.0. The molecule has 5 nitrogen and oxygen atoms in total. The van der Waals surface area contributed by atoms with E-state index < -0.39 is 18.5 Å². The third kappa shape index (κ3) is 6.07. The van der Waals surface area contributed by atoms with Gasteiger partial charge in [-0.1, -0.05) is 52.7 Å². The molecular weight excluding hydrogens is 410 g/mol. The second kappa shape index (κ2) is 9.44. The summed E-state index contributed by atoms with van der Waals surface area (Å²) in [6.07, 6.45) is 0.793. The molecule has 0 spiro atoms. The Morgan fingerprint density at radius 3 is 2.64 bits per heavy atom. The molecule has 0 fully saturated rings. The summed E-state index contributed by atoms with van der Waals surface area (Å²) < 4.78 is 11.1. The largest absolute Gasteiger partial charge is 0.482 e. The maximum atomic E-state index is 11.8. The van der Waals surface area contributed by atoms with E-state index in [4.69, 9.17) is 21.1 Å². The van der Waals surface area contributed by atoms with E-state index in [0.717, 1.165) is 16.5 Å². The first-order valence-corrected chi connectivity index (χ1v) is 8.78. The zero-order valence-electron chi connectivity index (χ0n) is 13.6. The van der Waals surface area contributed by atoms with Gasteiger partial charge in [-0.15, -0.1) is 0 Å². The number of amides is 1. The van der Waals surface area contributed by atoms with Gasteiger partial charge in [-0.05, 0) is 36.2 Å². The van der Waals surface area contributed by atoms with Gasteiger partial charge >= 0.3 is 5.97 Å². The maximum Gasteiger partial charge on any atom is 0.344 e. The van der Waals surface area contributed by atoms with Crippen LogP contribution < -0.4 is 10.1 Å². The highest BCUT2D eigenvalue weighted by atomic mass is 79.9. The topological polar surface area (TPSA) is 64.6 Å². The summed E-state index contributed by atoms with van der Waals surface area (Å²) in [6.45, 7) is 1.32. The first kappa shape index (κ1) is 19.3. The van der Waals surface area contributed by atoms with Crippen LogP contribution >= 0.6 is 27.5 Å². The van der Waals surface area contributed by atoms with Crippen molar-refractivity contribution < 1.29 is 19.1 Å². The third-order valence-corrected chi connectivity index (χ3v) is 4.07. The Balaban J connectivity index is 1.78. The number of anilines is 1. The van der Waals surface area contributed by atoms with Crippen LogP contribution in [0.3, 0.4) is 0 Å². The molecule has 0 radical (unpaired) electrons. The van der Waals surface area contributed by atoms with E-state index in [9.17, 15) is 9.59 Å². The Morgan fingerprint density at radius 2 is 1.92 bits per heavy atom. The van der Waals surface area contributed by atoms with Gasteiger partial charge in [0, 0.05) is 4.47 Å². The van der Waals surface area contributed by atoms with Crippen molar-refractivity contribution in [2.24, 2.45) is 0 Å². The van der Waals surface area contributed by atoms with Crippen molar-refractivity contribution in [1.29, 1.82) is 0 Å². The monoisotopic (exact) mass is 425 g/mol. The zero-order chi connectivity index (χ0) is 18.2. The van der Waals surface area contributed by atoms with Crippen molar-refractivity contribution in [3.63, 3.8) is 0 Å². The van der Waals surface area contributed by atoms with Crippen LogP contribution in [0.4, 0.5) is 5.69 Å². The van der Waals surface area contributed by atoms with Gasteiger partial charge in [-0.25, -0.2) is 4.79 Å². The van der Waals surface area contributed by atoms with Gasteiger partial charge in [-0.3, -0.25) is 4.79 Å². The molecule has 1 N–H and O–H groups in total. The molecule has 7 heteroatoms. The second-order valence-corrected chi connectivity index (χ2v) is 6.41. The Morgan fingerprint density at radius 1 is 1.16 bits per heavy atom. The molecular formula is C18H17BrClNO4. The van der Waals surface area contributed by atoms with Crippen LogP contribution in [0.5, 0.6) is 5.75 Å². The molecule has 0 aliphatic rings. The standard InChI is InChI=1S/C18H17BrClNO4/c1-2-12-5-3-4-6-16(12)24-11-18(23)25-10-17(22)21-15-8-7-13(19)9-14(15)20/h3-9H,2,10-11H2,1H3,(H,21,22). The molecule has 1 amide bonds. The van der Waals surface area contributed by atoms with E-state index in [2.05, 4.69) is 21.2 Å². The van der Waals surface area contributed by atoms with E-state index in [0.29, 0.717) is 16.5 Å². The average Bonchev–Trinajstić information content (AvgIpc) is 2.60. The molecule has 0 saturated heterocycles. The van der Waals surface area contributed by atoms with Gasteiger partial charge in [0.1, 0.15) is 5.75 Å². The molecule has 2 aromatic rings. The minimum Gasteiger partial charge on any atom is -0.482 e. The average molecular weight is 427 g/mol. The number of halogens is 2. The number of ether oxygens (including phenoxy) is 2. The Hall–Kier alpha value is -2.05. The summed E-state index contributed by atoms with van der Waals surface area (Å²) in [5.41, 5.74) is 1.44. The SMILES string of the molecule is CCc1ccccc1OCC(=O)OCC(=O)Nc1ccc(Br)cc1Cl. The Kier molecular flexibility index (Phi) is 7.28. The van der Waals surface area contributed by atoms with Gasteiger partial charge in [-0.2, -0.15) is 0 Å². The summed E-state index contributed by atoms with van der Waals surface area (Å²) in [6, 6.07) is 12.5. The lowest BCUT2D eigenvalue weighted by Gasteiger charge is -2.10. The fraction of sp³-hybridized carbons (Fsp3) is 0.222. The van der Waals surface area contributed by atoms with Gasteiger partial charge in [0.05, 0.1) is 10.7 Å². The number of esters is 1. The molecule has 0 aromatic heterocycles. The quantitative estimate of drug-likeness (QED) is 0.673. The number of carbonyl (C=O) groups excluding carboxylic acids is 2. The minimum atomic E-state index is -0.622. The van der Waals surface area contributed by atoms with E-state index >= 15 is 0 Å². The maximum absolute atomic E-state index is 11.8. The molecule has 0 heterocycles. The lowest BCUT2D eigenvalue weighted by Crippen LogP contribution is -2.23. The minimum absolute atomic E-state index is 0.261. The molecule has 0 aliphatic carbocycles. The number of hydrogen-bond acceptors (Lipinski definition) is 4. The first-order valence-electron chi connectivity index (χ1n) is 7.60. The van der Waals surface area contributed by atoms with Crippen LogP contribution in [0.15, 0.2) is 46.9 Å². The van der Waals surface area contributed by atoms with Crippen LogP contribution in [-0.2, 0) is 20.7 Å². The van der Waals surface area contributed by atoms with Crippen LogP contribution in [0.25, 0.3) is 0 Å². The van der Waals surface area contributed by atoms with Gasteiger partial charge in [0.15, 0.2) is 13.2 Å². The number of carbonyl (C=O) groups is 2. The smallest absolute Gasteiger partial charge is 0.344 e. The predicted octanol–water partition coefficient (Wildman–Crippen LogP) is 4.23. The molecule has 2 aromatic carbocycles. The van der Waals surface area contributed by atoms with Crippen LogP contribution in [0, 0.1) is 0 Å². The number of nitrogens with one attached hydrogen (secondary N) is 1. The highest BCUT2D eigenvalue weighted by Gasteiger charge is 2.11. The third-order valence-electron chi connectivity index (χ3n) is 3.27. The van der Waals surface area contributed by atoms with Gasteiger partial charge in [0.2, 0.25) is 0 Å². The summed E-state index contributed by atoms with van der Waals surface area (Å²) in [5.74, 6) is -0.470. The van der Waals surface area contributed by atoms with Crippen LogP contribution in [0.1, 0.15) is 12.5 Å². The fourth-order valence-corrected chi connectivity index (χ4v) is 2.76. The summed E-state index contributed by atoms with van der Waals surface area (Å²) >= 11 is 9.29. The van der Waals surface area contributed by atoms with Crippen LogP contribution in [-0.4, -0.2) is 25.1 Å². The fourth-order valence-electron chi connectivity index (χ4n) is 2.04. The number of hydrogen-bond donors (Lipinski definition) is 1. The van der Waals surface area contributed by atoms with Crippen molar-refractivity contribution in [2.75, 3.05) is 18.5 Å². The molecule has 0 atom stereocenters. The van der Waals surface area contributed by atoms with Crippen LogP contribution in [0.2, 0.25) is 5.02 Å². The number of benzene rings is 2. The highest BCUT2D eigenvalue weighted by Crippen LogP contribution is 2.25. The second-order valence-electron chi connectivity index (χ2n) is 5.08. The zero-order valence-corrected chi connectivity index (χ0v) is 15.9. The number of para-hydroxylation sites is 1. The molecule has 0 unspecified atom stereocenters. The molecule has 2 rings (SSSR count).